The molecule has 106 valence electrons. The molecule has 1 fully saturated rings. The van der Waals surface area contributed by atoms with Gasteiger partial charge >= 0.3 is 0 Å². The standard InChI is InChI=1S/C17H26ClN/c1-17(2,3)14-8-7-13(11-19)16(10-14)12-5-4-6-15(18)9-12/h4-6,9,13-14,16H,7-8,10-11,19H2,1-3H3. The van der Waals surface area contributed by atoms with Crippen LogP contribution in [0.1, 0.15) is 51.5 Å². The van der Waals surface area contributed by atoms with E-state index in [9.17, 15) is 0 Å². The molecule has 1 aromatic carbocycles. The normalized spacial score (nSPS) is 28.4. The number of hydrogen-bond acceptors (Lipinski definition) is 1. The quantitative estimate of drug-likeness (QED) is 0.823. The minimum atomic E-state index is 0.385. The molecule has 0 heterocycles. The van der Waals surface area contributed by atoms with Crippen molar-refractivity contribution in [3.8, 4) is 0 Å². The fraction of sp³-hybridized carbons (Fsp3) is 0.647. The molecule has 0 bridgehead atoms. The van der Waals surface area contributed by atoms with Crippen molar-refractivity contribution in [2.45, 2.75) is 46.0 Å². The van der Waals surface area contributed by atoms with Crippen molar-refractivity contribution >= 4 is 11.6 Å². The Balaban J connectivity index is 2.23. The lowest BCUT2D eigenvalue weighted by Gasteiger charge is -2.42. The average molecular weight is 280 g/mol. The summed E-state index contributed by atoms with van der Waals surface area (Å²) in [6.07, 6.45) is 3.80. The smallest absolute Gasteiger partial charge is 0.0408 e. The van der Waals surface area contributed by atoms with Gasteiger partial charge in [-0.05, 0) is 66.7 Å². The van der Waals surface area contributed by atoms with Crippen LogP contribution in [0, 0.1) is 17.3 Å². The summed E-state index contributed by atoms with van der Waals surface area (Å²) in [5.74, 6) is 1.96. The maximum atomic E-state index is 6.15. The summed E-state index contributed by atoms with van der Waals surface area (Å²) in [6.45, 7) is 7.86. The van der Waals surface area contributed by atoms with Crippen LogP contribution >= 0.6 is 11.6 Å². The van der Waals surface area contributed by atoms with E-state index in [0.29, 0.717) is 17.3 Å². The topological polar surface area (TPSA) is 26.0 Å². The van der Waals surface area contributed by atoms with E-state index in [1.54, 1.807) is 0 Å². The highest BCUT2D eigenvalue weighted by atomic mass is 35.5. The Morgan fingerprint density at radius 3 is 2.58 bits per heavy atom. The van der Waals surface area contributed by atoms with Crippen molar-refractivity contribution in [2.24, 2.45) is 23.0 Å². The van der Waals surface area contributed by atoms with E-state index >= 15 is 0 Å². The van der Waals surface area contributed by atoms with Crippen LogP contribution in [0.5, 0.6) is 0 Å². The molecule has 2 heteroatoms. The third-order valence-corrected chi connectivity index (χ3v) is 5.03. The van der Waals surface area contributed by atoms with Crippen molar-refractivity contribution < 1.29 is 0 Å². The Labute approximate surface area is 122 Å². The zero-order valence-corrected chi connectivity index (χ0v) is 13.1. The molecule has 19 heavy (non-hydrogen) atoms. The van der Waals surface area contributed by atoms with Gasteiger partial charge in [-0.2, -0.15) is 0 Å². The van der Waals surface area contributed by atoms with Gasteiger partial charge in [-0.25, -0.2) is 0 Å². The molecule has 1 aliphatic rings. The molecule has 1 aromatic rings. The van der Waals surface area contributed by atoms with E-state index in [1.807, 2.05) is 6.07 Å². The summed E-state index contributed by atoms with van der Waals surface area (Å²) in [5.41, 5.74) is 7.75. The highest BCUT2D eigenvalue weighted by Crippen LogP contribution is 2.46. The minimum Gasteiger partial charge on any atom is -0.330 e. The molecule has 0 spiro atoms. The van der Waals surface area contributed by atoms with Crippen LogP contribution in [0.2, 0.25) is 5.02 Å². The van der Waals surface area contributed by atoms with E-state index in [0.717, 1.165) is 17.5 Å². The molecule has 3 unspecified atom stereocenters. The lowest BCUT2D eigenvalue weighted by Crippen LogP contribution is -2.33. The zero-order valence-electron chi connectivity index (χ0n) is 12.3. The molecule has 1 aliphatic carbocycles. The predicted molar refractivity (Wildman–Crippen MR) is 83.5 cm³/mol. The largest absolute Gasteiger partial charge is 0.330 e. The van der Waals surface area contributed by atoms with Crippen molar-refractivity contribution in [3.63, 3.8) is 0 Å². The monoisotopic (exact) mass is 279 g/mol. The SMILES string of the molecule is CC(C)(C)C1CCC(CN)C(c2cccc(Cl)c2)C1. The van der Waals surface area contributed by atoms with Gasteiger partial charge in [0.05, 0.1) is 0 Å². The maximum absolute atomic E-state index is 6.15. The molecular formula is C17H26ClN. The number of benzene rings is 1. The molecule has 2 rings (SSSR count). The molecular weight excluding hydrogens is 254 g/mol. The van der Waals surface area contributed by atoms with Crippen molar-refractivity contribution in [1.82, 2.24) is 0 Å². The van der Waals surface area contributed by atoms with Gasteiger partial charge in [0.15, 0.2) is 0 Å². The highest BCUT2D eigenvalue weighted by molar-refractivity contribution is 6.30. The molecule has 2 N–H and O–H groups in total. The summed E-state index contributed by atoms with van der Waals surface area (Å²) < 4.78 is 0. The minimum absolute atomic E-state index is 0.385. The third-order valence-electron chi connectivity index (χ3n) is 4.80. The summed E-state index contributed by atoms with van der Waals surface area (Å²) in [6, 6.07) is 8.35. The lowest BCUT2D eigenvalue weighted by atomic mass is 9.64. The van der Waals surface area contributed by atoms with E-state index < -0.39 is 0 Å². The maximum Gasteiger partial charge on any atom is 0.0408 e. The van der Waals surface area contributed by atoms with Crippen molar-refractivity contribution in [3.05, 3.63) is 34.9 Å². The molecule has 0 radical (unpaired) electrons. The van der Waals surface area contributed by atoms with Gasteiger partial charge in [0, 0.05) is 5.02 Å². The molecule has 0 amide bonds. The van der Waals surface area contributed by atoms with Gasteiger partial charge in [-0.3, -0.25) is 0 Å². The van der Waals surface area contributed by atoms with Crippen LogP contribution in [0.15, 0.2) is 24.3 Å². The van der Waals surface area contributed by atoms with Crippen LogP contribution < -0.4 is 5.73 Å². The fourth-order valence-electron chi connectivity index (χ4n) is 3.45. The second-order valence-corrected chi connectivity index (χ2v) is 7.47. The highest BCUT2D eigenvalue weighted by Gasteiger charge is 2.35. The first-order valence-electron chi connectivity index (χ1n) is 7.37. The molecule has 1 nitrogen and oxygen atoms in total. The fourth-order valence-corrected chi connectivity index (χ4v) is 3.65. The van der Waals surface area contributed by atoms with Crippen molar-refractivity contribution in [2.75, 3.05) is 6.54 Å². The first kappa shape index (κ1) is 14.9. The Hall–Kier alpha value is -0.530. The Morgan fingerprint density at radius 2 is 2.00 bits per heavy atom. The van der Waals surface area contributed by atoms with E-state index in [1.165, 1.54) is 24.8 Å². The molecule has 0 saturated heterocycles. The first-order valence-corrected chi connectivity index (χ1v) is 7.75. The number of halogens is 1. The third kappa shape index (κ3) is 3.52. The second-order valence-electron chi connectivity index (χ2n) is 7.03. The predicted octanol–water partition coefficient (Wildman–Crippen LogP) is 4.84. The Bertz CT molecular complexity index is 422. The van der Waals surface area contributed by atoms with E-state index in [4.69, 9.17) is 17.3 Å². The summed E-state index contributed by atoms with van der Waals surface area (Å²) in [5, 5.41) is 0.839. The molecule has 0 aromatic heterocycles. The van der Waals surface area contributed by atoms with Crippen LogP contribution in [0.3, 0.4) is 0 Å². The Morgan fingerprint density at radius 1 is 1.26 bits per heavy atom. The zero-order chi connectivity index (χ0) is 14.0. The van der Waals surface area contributed by atoms with Gasteiger partial charge in [0.25, 0.3) is 0 Å². The van der Waals surface area contributed by atoms with Crippen LogP contribution in [0.25, 0.3) is 0 Å². The summed E-state index contributed by atoms with van der Waals surface area (Å²) in [4.78, 5) is 0. The lowest BCUT2D eigenvalue weighted by molar-refractivity contribution is 0.133. The van der Waals surface area contributed by atoms with E-state index in [2.05, 4.69) is 39.0 Å². The van der Waals surface area contributed by atoms with Gasteiger partial charge in [-0.1, -0.05) is 44.5 Å². The van der Waals surface area contributed by atoms with E-state index in [-0.39, 0.29) is 0 Å². The van der Waals surface area contributed by atoms with Gasteiger partial charge < -0.3 is 5.73 Å². The number of rotatable bonds is 2. The molecule has 0 aliphatic heterocycles. The second kappa shape index (κ2) is 5.85. The van der Waals surface area contributed by atoms with Gasteiger partial charge in [-0.15, -0.1) is 0 Å². The summed E-state index contributed by atoms with van der Waals surface area (Å²) >= 11 is 6.15. The number of nitrogens with two attached hydrogens (primary N) is 1. The summed E-state index contributed by atoms with van der Waals surface area (Å²) in [7, 11) is 0. The average Bonchev–Trinajstić information content (AvgIpc) is 2.37. The van der Waals surface area contributed by atoms with Crippen molar-refractivity contribution in [1.29, 1.82) is 0 Å². The molecule has 1 saturated carbocycles. The van der Waals surface area contributed by atoms with Gasteiger partial charge in [0.1, 0.15) is 0 Å². The van der Waals surface area contributed by atoms with Gasteiger partial charge in [0.2, 0.25) is 0 Å². The van der Waals surface area contributed by atoms with Crippen LogP contribution in [-0.2, 0) is 0 Å². The Kier molecular flexibility index (Phi) is 4.58. The van der Waals surface area contributed by atoms with Crippen LogP contribution in [0.4, 0.5) is 0 Å². The molecule has 3 atom stereocenters. The number of hydrogen-bond donors (Lipinski definition) is 1. The van der Waals surface area contributed by atoms with Crippen LogP contribution in [-0.4, -0.2) is 6.54 Å². The first-order chi connectivity index (χ1) is 8.91.